The van der Waals surface area contributed by atoms with Gasteiger partial charge in [-0.15, -0.1) is 0 Å². The summed E-state index contributed by atoms with van der Waals surface area (Å²) in [5, 5.41) is 2.97. The maximum atomic E-state index is 12.2. The van der Waals surface area contributed by atoms with Crippen molar-refractivity contribution >= 4 is 15.8 Å². The minimum absolute atomic E-state index is 0.0692. The van der Waals surface area contributed by atoms with Gasteiger partial charge >= 0.3 is 0 Å². The highest BCUT2D eigenvalue weighted by atomic mass is 32.2. The van der Waals surface area contributed by atoms with Crippen molar-refractivity contribution in [3.05, 3.63) is 18.3 Å². The maximum Gasteiger partial charge on any atom is 0.244 e. The van der Waals surface area contributed by atoms with Crippen LogP contribution in [0, 0.1) is 5.92 Å². The highest BCUT2D eigenvalue weighted by Gasteiger charge is 2.30. The summed E-state index contributed by atoms with van der Waals surface area (Å²) < 4.78 is 27.2. The fourth-order valence-electron chi connectivity index (χ4n) is 2.19. The Morgan fingerprint density at radius 1 is 1.44 bits per heavy atom. The van der Waals surface area contributed by atoms with Gasteiger partial charge in [0, 0.05) is 18.8 Å². The molecule has 1 aliphatic rings. The molecule has 1 heterocycles. The van der Waals surface area contributed by atoms with Crippen LogP contribution in [0.3, 0.4) is 0 Å². The van der Waals surface area contributed by atoms with E-state index in [2.05, 4.69) is 21.9 Å². The molecule has 0 atom stereocenters. The summed E-state index contributed by atoms with van der Waals surface area (Å²) >= 11 is 0. The summed E-state index contributed by atoms with van der Waals surface area (Å²) in [6.07, 6.45) is 3.41. The quantitative estimate of drug-likeness (QED) is 0.851. The standard InChI is InChI=1S/C12H19N3O2S/c1-3-13-12-11(5-4-6-14-12)18(16,17)15-10-7-9(2)8-10/h4-6,9-10,15H,3,7-8H2,1-2H3,(H,13,14). The third-order valence-electron chi connectivity index (χ3n) is 3.10. The van der Waals surface area contributed by atoms with Gasteiger partial charge in [-0.2, -0.15) is 0 Å². The van der Waals surface area contributed by atoms with Crippen molar-refractivity contribution in [1.82, 2.24) is 9.71 Å². The molecule has 0 aromatic carbocycles. The van der Waals surface area contributed by atoms with Crippen LogP contribution >= 0.6 is 0 Å². The number of pyridine rings is 1. The van der Waals surface area contributed by atoms with Crippen molar-refractivity contribution in [3.63, 3.8) is 0 Å². The Bertz CT molecular complexity index is 510. The zero-order valence-electron chi connectivity index (χ0n) is 10.7. The monoisotopic (exact) mass is 269 g/mol. The number of nitrogens with one attached hydrogen (secondary N) is 2. The lowest BCUT2D eigenvalue weighted by Gasteiger charge is -2.33. The molecule has 5 nitrogen and oxygen atoms in total. The minimum Gasteiger partial charge on any atom is -0.369 e. The van der Waals surface area contributed by atoms with Crippen molar-refractivity contribution < 1.29 is 8.42 Å². The molecule has 0 spiro atoms. The number of rotatable bonds is 5. The van der Waals surface area contributed by atoms with Crippen LogP contribution in [-0.2, 0) is 10.0 Å². The molecule has 1 aliphatic carbocycles. The normalized spacial score (nSPS) is 23.4. The molecule has 1 aromatic heterocycles. The molecule has 0 aliphatic heterocycles. The van der Waals surface area contributed by atoms with E-state index in [1.54, 1.807) is 18.3 Å². The van der Waals surface area contributed by atoms with Crippen molar-refractivity contribution in [3.8, 4) is 0 Å². The highest BCUT2D eigenvalue weighted by Crippen LogP contribution is 2.28. The van der Waals surface area contributed by atoms with E-state index in [-0.39, 0.29) is 10.9 Å². The number of anilines is 1. The lowest BCUT2D eigenvalue weighted by Crippen LogP contribution is -2.43. The van der Waals surface area contributed by atoms with E-state index >= 15 is 0 Å². The first-order valence-electron chi connectivity index (χ1n) is 6.24. The van der Waals surface area contributed by atoms with Crippen LogP contribution < -0.4 is 10.0 Å². The van der Waals surface area contributed by atoms with Gasteiger partial charge in [0.05, 0.1) is 0 Å². The zero-order valence-corrected chi connectivity index (χ0v) is 11.5. The summed E-state index contributed by atoms with van der Waals surface area (Å²) in [4.78, 5) is 4.30. The van der Waals surface area contributed by atoms with Crippen LogP contribution in [0.5, 0.6) is 0 Å². The van der Waals surface area contributed by atoms with Gasteiger partial charge in [0.1, 0.15) is 10.7 Å². The van der Waals surface area contributed by atoms with E-state index in [0.717, 1.165) is 12.8 Å². The molecular formula is C12H19N3O2S. The molecule has 2 rings (SSSR count). The lowest BCUT2D eigenvalue weighted by atomic mass is 9.83. The zero-order chi connectivity index (χ0) is 13.2. The second kappa shape index (κ2) is 5.24. The Labute approximate surface area is 108 Å². The van der Waals surface area contributed by atoms with Crippen molar-refractivity contribution in [1.29, 1.82) is 0 Å². The van der Waals surface area contributed by atoms with Crippen molar-refractivity contribution in [2.45, 2.75) is 37.6 Å². The number of aromatic nitrogens is 1. The predicted molar refractivity (Wildman–Crippen MR) is 70.9 cm³/mol. The lowest BCUT2D eigenvalue weighted by molar-refractivity contribution is 0.270. The SMILES string of the molecule is CCNc1ncccc1S(=O)(=O)NC1CC(C)C1. The van der Waals surface area contributed by atoms with Gasteiger partial charge in [-0.3, -0.25) is 0 Å². The topological polar surface area (TPSA) is 71.1 Å². The van der Waals surface area contributed by atoms with Crippen LogP contribution in [0.25, 0.3) is 0 Å². The highest BCUT2D eigenvalue weighted by molar-refractivity contribution is 7.89. The average molecular weight is 269 g/mol. The van der Waals surface area contributed by atoms with Gasteiger partial charge in [-0.1, -0.05) is 6.92 Å². The van der Waals surface area contributed by atoms with Crippen LogP contribution in [0.15, 0.2) is 23.2 Å². The van der Waals surface area contributed by atoms with Gasteiger partial charge in [0.25, 0.3) is 0 Å². The number of hydrogen-bond acceptors (Lipinski definition) is 4. The molecule has 0 radical (unpaired) electrons. The predicted octanol–water partition coefficient (Wildman–Crippen LogP) is 1.59. The van der Waals surface area contributed by atoms with Gasteiger partial charge in [-0.25, -0.2) is 18.1 Å². The first kappa shape index (κ1) is 13.3. The molecule has 2 N–H and O–H groups in total. The first-order chi connectivity index (χ1) is 8.53. The minimum atomic E-state index is -3.47. The second-order valence-electron chi connectivity index (χ2n) is 4.78. The molecule has 1 fully saturated rings. The first-order valence-corrected chi connectivity index (χ1v) is 7.72. The Hall–Kier alpha value is -1.14. The molecule has 6 heteroatoms. The third kappa shape index (κ3) is 2.81. The van der Waals surface area contributed by atoms with Gasteiger partial charge < -0.3 is 5.32 Å². The van der Waals surface area contributed by atoms with E-state index in [4.69, 9.17) is 0 Å². The maximum absolute atomic E-state index is 12.2. The molecular weight excluding hydrogens is 250 g/mol. The van der Waals surface area contributed by atoms with Gasteiger partial charge in [-0.05, 0) is 37.8 Å². The van der Waals surface area contributed by atoms with Gasteiger partial charge in [0.15, 0.2) is 0 Å². The number of nitrogens with zero attached hydrogens (tertiary/aromatic N) is 1. The summed E-state index contributed by atoms with van der Waals surface area (Å²) in [5.74, 6) is 1.03. The number of hydrogen-bond donors (Lipinski definition) is 2. The fraction of sp³-hybridized carbons (Fsp3) is 0.583. The molecule has 0 saturated heterocycles. The fourth-order valence-corrected chi connectivity index (χ4v) is 3.58. The third-order valence-corrected chi connectivity index (χ3v) is 4.65. The Kier molecular flexibility index (Phi) is 3.87. The molecule has 0 bridgehead atoms. The van der Waals surface area contributed by atoms with E-state index in [1.165, 1.54) is 0 Å². The molecule has 1 aromatic rings. The Balaban J connectivity index is 2.18. The Morgan fingerprint density at radius 2 is 2.17 bits per heavy atom. The summed E-state index contributed by atoms with van der Waals surface area (Å²) in [5.41, 5.74) is 0. The molecule has 18 heavy (non-hydrogen) atoms. The van der Waals surface area contributed by atoms with E-state index in [9.17, 15) is 8.42 Å². The van der Waals surface area contributed by atoms with E-state index in [0.29, 0.717) is 18.3 Å². The molecule has 0 unspecified atom stereocenters. The largest absolute Gasteiger partial charge is 0.369 e. The molecule has 100 valence electrons. The number of sulfonamides is 1. The van der Waals surface area contributed by atoms with Gasteiger partial charge in [0.2, 0.25) is 10.0 Å². The van der Waals surface area contributed by atoms with E-state index < -0.39 is 10.0 Å². The van der Waals surface area contributed by atoms with E-state index in [1.807, 2.05) is 6.92 Å². The van der Waals surface area contributed by atoms with Crippen LogP contribution in [0.1, 0.15) is 26.7 Å². The molecule has 0 amide bonds. The smallest absolute Gasteiger partial charge is 0.244 e. The average Bonchev–Trinajstić information content (AvgIpc) is 2.28. The van der Waals surface area contributed by atoms with Crippen LogP contribution in [-0.4, -0.2) is 26.0 Å². The summed E-state index contributed by atoms with van der Waals surface area (Å²) in [6.45, 7) is 4.67. The summed E-state index contributed by atoms with van der Waals surface area (Å²) in [6, 6.07) is 3.29. The van der Waals surface area contributed by atoms with Crippen molar-refractivity contribution in [2.75, 3.05) is 11.9 Å². The second-order valence-corrected chi connectivity index (χ2v) is 6.46. The van der Waals surface area contributed by atoms with Crippen molar-refractivity contribution in [2.24, 2.45) is 5.92 Å². The molecule has 1 saturated carbocycles. The van der Waals surface area contributed by atoms with Crippen LogP contribution in [0.2, 0.25) is 0 Å². The van der Waals surface area contributed by atoms with Crippen LogP contribution in [0.4, 0.5) is 5.82 Å². The Morgan fingerprint density at radius 3 is 2.78 bits per heavy atom. The summed E-state index contributed by atoms with van der Waals surface area (Å²) in [7, 11) is -3.47.